The normalized spacial score (nSPS) is 19.7. The molecule has 2 aliphatic heterocycles. The zero-order chi connectivity index (χ0) is 16.8. The van der Waals surface area contributed by atoms with E-state index >= 15 is 0 Å². The smallest absolute Gasteiger partial charge is 0.267 e. The van der Waals surface area contributed by atoms with E-state index in [0.717, 1.165) is 16.9 Å². The third-order valence-electron chi connectivity index (χ3n) is 4.77. The van der Waals surface area contributed by atoms with Gasteiger partial charge in [0.05, 0.1) is 17.0 Å². The first-order valence-electron chi connectivity index (χ1n) is 8.40. The largest absolute Gasteiger partial charge is 0.485 e. The monoisotopic (exact) mass is 335 g/mol. The molecule has 0 saturated carbocycles. The lowest BCUT2D eigenvalue weighted by Crippen LogP contribution is -2.55. The average Bonchev–Trinajstić information content (AvgIpc) is 3.03. The molecule has 5 rings (SSSR count). The highest BCUT2D eigenvalue weighted by molar-refractivity contribution is 5.83. The molecule has 0 radical (unpaired) electrons. The minimum atomic E-state index is -0.577. The summed E-state index contributed by atoms with van der Waals surface area (Å²) in [5, 5.41) is 0. The van der Waals surface area contributed by atoms with Crippen molar-refractivity contribution in [1.29, 1.82) is 0 Å². The summed E-state index contributed by atoms with van der Waals surface area (Å²) in [6.45, 7) is 1.56. The number of hydrogen-bond acceptors (Lipinski definition) is 4. The summed E-state index contributed by atoms with van der Waals surface area (Å²) < 4.78 is 11.4. The van der Waals surface area contributed by atoms with Crippen LogP contribution >= 0.6 is 0 Å². The van der Waals surface area contributed by atoms with E-state index < -0.39 is 6.10 Å². The van der Waals surface area contributed by atoms with Crippen LogP contribution in [0.15, 0.2) is 48.5 Å². The van der Waals surface area contributed by atoms with Crippen LogP contribution in [-0.2, 0) is 4.79 Å². The maximum atomic E-state index is 12.6. The van der Waals surface area contributed by atoms with E-state index in [0.29, 0.717) is 24.6 Å². The second-order valence-electron chi connectivity index (χ2n) is 6.44. The van der Waals surface area contributed by atoms with Gasteiger partial charge in [0.2, 0.25) is 6.10 Å². The molecule has 1 saturated heterocycles. The Morgan fingerprint density at radius 1 is 1.08 bits per heavy atom. The summed E-state index contributed by atoms with van der Waals surface area (Å²) in [6.07, 6.45) is -0.577. The molecule has 6 nitrogen and oxygen atoms in total. The summed E-state index contributed by atoms with van der Waals surface area (Å²) in [7, 11) is 0. The van der Waals surface area contributed by atoms with Crippen molar-refractivity contribution >= 4 is 16.9 Å². The Balaban J connectivity index is 1.25. The number of carbonyl (C=O) groups is 1. The van der Waals surface area contributed by atoms with Gasteiger partial charge in [-0.05, 0) is 24.3 Å². The summed E-state index contributed by atoms with van der Waals surface area (Å²) >= 11 is 0. The maximum absolute atomic E-state index is 12.6. The summed E-state index contributed by atoms with van der Waals surface area (Å²) in [5.41, 5.74) is 1.99. The van der Waals surface area contributed by atoms with Crippen molar-refractivity contribution in [1.82, 2.24) is 14.9 Å². The molecular formula is C19H17N3O3. The van der Waals surface area contributed by atoms with E-state index in [9.17, 15) is 4.79 Å². The molecule has 3 aromatic rings. The molecule has 1 aromatic heterocycles. The van der Waals surface area contributed by atoms with Gasteiger partial charge in [-0.2, -0.15) is 0 Å². The molecule has 0 unspecified atom stereocenters. The van der Waals surface area contributed by atoms with E-state index in [1.807, 2.05) is 48.5 Å². The number of para-hydroxylation sites is 4. The van der Waals surface area contributed by atoms with Crippen molar-refractivity contribution in [3.05, 3.63) is 54.4 Å². The van der Waals surface area contributed by atoms with Gasteiger partial charge >= 0.3 is 0 Å². The van der Waals surface area contributed by atoms with E-state index in [4.69, 9.17) is 9.47 Å². The number of carbonyl (C=O) groups excluding carboxylic acids is 1. The SMILES string of the molecule is O=C([C@H]1COc2ccccc2O1)N1CC(c2nc3ccccc3[nH]2)C1. The summed E-state index contributed by atoms with van der Waals surface area (Å²) in [6, 6.07) is 15.4. The number of nitrogens with zero attached hydrogens (tertiary/aromatic N) is 2. The van der Waals surface area contributed by atoms with Crippen LogP contribution in [-0.4, -0.2) is 46.6 Å². The highest BCUT2D eigenvalue weighted by atomic mass is 16.6. The van der Waals surface area contributed by atoms with E-state index in [1.54, 1.807) is 4.90 Å². The Hall–Kier alpha value is -3.02. The van der Waals surface area contributed by atoms with Gasteiger partial charge in [0, 0.05) is 13.1 Å². The lowest BCUT2D eigenvalue weighted by Gasteiger charge is -2.40. The Bertz CT molecular complexity index is 913. The van der Waals surface area contributed by atoms with Crippen molar-refractivity contribution in [2.75, 3.05) is 19.7 Å². The van der Waals surface area contributed by atoms with Gasteiger partial charge in [0.1, 0.15) is 12.4 Å². The van der Waals surface area contributed by atoms with E-state index in [2.05, 4.69) is 9.97 Å². The molecule has 1 amide bonds. The number of aromatic nitrogens is 2. The number of amides is 1. The van der Waals surface area contributed by atoms with Crippen molar-refractivity contribution in [3.63, 3.8) is 0 Å². The molecule has 25 heavy (non-hydrogen) atoms. The third kappa shape index (κ3) is 2.41. The number of imidazole rings is 1. The summed E-state index contributed by atoms with van der Waals surface area (Å²) in [4.78, 5) is 22.4. The predicted octanol–water partition coefficient (Wildman–Crippen LogP) is 2.33. The lowest BCUT2D eigenvalue weighted by atomic mass is 9.98. The standard InChI is InChI=1S/C19H17N3O3/c23-19(17-11-24-15-7-3-4-8-16(15)25-17)22-9-12(10-22)18-20-13-5-1-2-6-14(13)21-18/h1-8,12,17H,9-11H2,(H,20,21)/t17-/m1/s1. The Kier molecular flexibility index (Phi) is 3.16. The van der Waals surface area contributed by atoms with Crippen LogP contribution < -0.4 is 9.47 Å². The fourth-order valence-electron chi connectivity index (χ4n) is 3.34. The number of nitrogens with one attached hydrogen (secondary N) is 1. The zero-order valence-electron chi connectivity index (χ0n) is 13.5. The van der Waals surface area contributed by atoms with Crippen molar-refractivity contribution in [2.45, 2.75) is 12.0 Å². The van der Waals surface area contributed by atoms with Gasteiger partial charge in [0.25, 0.3) is 5.91 Å². The highest BCUT2D eigenvalue weighted by Crippen LogP contribution is 2.33. The molecule has 0 bridgehead atoms. The third-order valence-corrected chi connectivity index (χ3v) is 4.77. The van der Waals surface area contributed by atoms with Gasteiger partial charge in [-0.1, -0.05) is 24.3 Å². The molecule has 3 heterocycles. The summed E-state index contributed by atoms with van der Waals surface area (Å²) in [5.74, 6) is 2.48. The second-order valence-corrected chi connectivity index (χ2v) is 6.44. The maximum Gasteiger partial charge on any atom is 0.267 e. The van der Waals surface area contributed by atoms with Crippen molar-refractivity contribution in [3.8, 4) is 11.5 Å². The van der Waals surface area contributed by atoms with Crippen LogP contribution in [0.4, 0.5) is 0 Å². The fraction of sp³-hybridized carbons (Fsp3) is 0.263. The van der Waals surface area contributed by atoms with Gasteiger partial charge in [-0.15, -0.1) is 0 Å². The fourth-order valence-corrected chi connectivity index (χ4v) is 3.34. The number of ether oxygens (including phenoxy) is 2. The van der Waals surface area contributed by atoms with Gasteiger partial charge < -0.3 is 19.4 Å². The number of H-pyrrole nitrogens is 1. The zero-order valence-corrected chi connectivity index (χ0v) is 13.5. The molecule has 2 aliphatic rings. The number of hydrogen-bond donors (Lipinski definition) is 1. The predicted molar refractivity (Wildman–Crippen MR) is 91.8 cm³/mol. The molecular weight excluding hydrogens is 318 g/mol. The molecule has 0 spiro atoms. The minimum absolute atomic E-state index is 0.0261. The Morgan fingerprint density at radius 3 is 2.68 bits per heavy atom. The average molecular weight is 335 g/mol. The topological polar surface area (TPSA) is 67.5 Å². The molecule has 2 aromatic carbocycles. The molecule has 1 atom stereocenters. The molecule has 1 fully saturated rings. The van der Waals surface area contributed by atoms with Gasteiger partial charge in [0.15, 0.2) is 11.5 Å². The number of benzene rings is 2. The lowest BCUT2D eigenvalue weighted by molar-refractivity contribution is -0.145. The van der Waals surface area contributed by atoms with Crippen LogP contribution in [0.5, 0.6) is 11.5 Å². The van der Waals surface area contributed by atoms with Crippen LogP contribution in [0.1, 0.15) is 11.7 Å². The van der Waals surface area contributed by atoms with Crippen molar-refractivity contribution < 1.29 is 14.3 Å². The molecule has 1 N–H and O–H groups in total. The van der Waals surface area contributed by atoms with Gasteiger partial charge in [-0.25, -0.2) is 4.98 Å². The highest BCUT2D eigenvalue weighted by Gasteiger charge is 2.39. The van der Waals surface area contributed by atoms with Gasteiger partial charge in [-0.3, -0.25) is 4.79 Å². The number of aromatic amines is 1. The van der Waals surface area contributed by atoms with E-state index in [-0.39, 0.29) is 18.4 Å². The quantitative estimate of drug-likeness (QED) is 0.780. The van der Waals surface area contributed by atoms with Crippen LogP contribution in [0.25, 0.3) is 11.0 Å². The molecule has 6 heteroatoms. The van der Waals surface area contributed by atoms with Crippen LogP contribution in [0.2, 0.25) is 0 Å². The van der Waals surface area contributed by atoms with Crippen molar-refractivity contribution in [2.24, 2.45) is 0 Å². The minimum Gasteiger partial charge on any atom is -0.485 e. The van der Waals surface area contributed by atoms with E-state index in [1.165, 1.54) is 0 Å². The number of fused-ring (bicyclic) bond motifs is 2. The van der Waals surface area contributed by atoms with Crippen LogP contribution in [0, 0.1) is 0 Å². The van der Waals surface area contributed by atoms with Crippen LogP contribution in [0.3, 0.4) is 0 Å². The first-order valence-corrected chi connectivity index (χ1v) is 8.40. The Labute approximate surface area is 144 Å². The number of likely N-dealkylation sites (tertiary alicyclic amines) is 1. The second kappa shape index (κ2) is 5.51. The Morgan fingerprint density at radius 2 is 1.84 bits per heavy atom. The first kappa shape index (κ1) is 14.3. The molecule has 126 valence electrons. The first-order chi connectivity index (χ1) is 12.3. The number of rotatable bonds is 2. The molecule has 0 aliphatic carbocycles.